The summed E-state index contributed by atoms with van der Waals surface area (Å²) in [5.74, 6) is 0.642. The Balaban J connectivity index is 2.23. The SMILES string of the molecule is Cc1cc(CN)nc(Oc2ccc(Cl)cc2)n1. The van der Waals surface area contributed by atoms with Crippen LogP contribution in [0.15, 0.2) is 30.3 Å². The van der Waals surface area contributed by atoms with Crippen LogP contribution in [-0.4, -0.2) is 9.97 Å². The summed E-state index contributed by atoms with van der Waals surface area (Å²) in [7, 11) is 0. The molecule has 0 atom stereocenters. The van der Waals surface area contributed by atoms with Gasteiger partial charge in [-0.3, -0.25) is 0 Å². The molecule has 0 bridgehead atoms. The van der Waals surface area contributed by atoms with Crippen LogP contribution in [0.5, 0.6) is 11.8 Å². The van der Waals surface area contributed by atoms with Crippen molar-refractivity contribution >= 4 is 11.6 Å². The lowest BCUT2D eigenvalue weighted by molar-refractivity contribution is 0.438. The second-order valence-electron chi connectivity index (χ2n) is 3.54. The van der Waals surface area contributed by atoms with Gasteiger partial charge in [-0.2, -0.15) is 4.98 Å². The molecule has 0 unspecified atom stereocenters. The zero-order valence-corrected chi connectivity index (χ0v) is 10.1. The van der Waals surface area contributed by atoms with Crippen LogP contribution in [-0.2, 0) is 6.54 Å². The minimum absolute atomic E-state index is 0.299. The van der Waals surface area contributed by atoms with Gasteiger partial charge >= 0.3 is 6.01 Å². The number of aromatic nitrogens is 2. The van der Waals surface area contributed by atoms with E-state index in [-0.39, 0.29) is 0 Å². The van der Waals surface area contributed by atoms with E-state index in [9.17, 15) is 0 Å². The van der Waals surface area contributed by atoms with Gasteiger partial charge in [-0.25, -0.2) is 4.98 Å². The van der Waals surface area contributed by atoms with E-state index in [4.69, 9.17) is 22.1 Å². The number of halogens is 1. The van der Waals surface area contributed by atoms with Crippen LogP contribution in [0.4, 0.5) is 0 Å². The van der Waals surface area contributed by atoms with E-state index in [1.165, 1.54) is 0 Å². The normalized spacial score (nSPS) is 10.3. The second-order valence-corrected chi connectivity index (χ2v) is 3.98. The number of nitrogens with two attached hydrogens (primary N) is 1. The summed E-state index contributed by atoms with van der Waals surface area (Å²) >= 11 is 5.78. The van der Waals surface area contributed by atoms with E-state index in [1.807, 2.05) is 13.0 Å². The van der Waals surface area contributed by atoms with Crippen LogP contribution < -0.4 is 10.5 Å². The third-order valence-electron chi connectivity index (χ3n) is 2.12. The van der Waals surface area contributed by atoms with E-state index in [0.29, 0.717) is 23.3 Å². The summed E-state index contributed by atoms with van der Waals surface area (Å²) in [4.78, 5) is 8.36. The Morgan fingerprint density at radius 2 is 1.94 bits per heavy atom. The Hall–Kier alpha value is -1.65. The van der Waals surface area contributed by atoms with Gasteiger partial charge in [-0.1, -0.05) is 11.6 Å². The summed E-state index contributed by atoms with van der Waals surface area (Å²) in [6, 6.07) is 9.14. The molecule has 0 amide bonds. The Labute approximate surface area is 104 Å². The molecule has 0 saturated heterocycles. The molecule has 2 N–H and O–H groups in total. The van der Waals surface area contributed by atoms with E-state index in [0.717, 1.165) is 11.4 Å². The van der Waals surface area contributed by atoms with Gasteiger partial charge in [0.2, 0.25) is 0 Å². The summed E-state index contributed by atoms with van der Waals surface area (Å²) in [6.07, 6.45) is 0. The van der Waals surface area contributed by atoms with Gasteiger partial charge < -0.3 is 10.5 Å². The van der Waals surface area contributed by atoms with Crippen molar-refractivity contribution in [3.05, 3.63) is 46.7 Å². The Kier molecular flexibility index (Phi) is 3.56. The second kappa shape index (κ2) is 5.12. The van der Waals surface area contributed by atoms with E-state index >= 15 is 0 Å². The molecule has 4 nitrogen and oxygen atoms in total. The van der Waals surface area contributed by atoms with Gasteiger partial charge in [0.15, 0.2) is 0 Å². The summed E-state index contributed by atoms with van der Waals surface area (Å²) < 4.78 is 5.52. The van der Waals surface area contributed by atoms with Crippen molar-refractivity contribution in [3.8, 4) is 11.8 Å². The number of aryl methyl sites for hydroxylation is 1. The Bertz CT molecular complexity index is 514. The fourth-order valence-corrected chi connectivity index (χ4v) is 1.49. The van der Waals surface area contributed by atoms with E-state index < -0.39 is 0 Å². The number of hydrogen-bond acceptors (Lipinski definition) is 4. The first-order valence-corrected chi connectivity index (χ1v) is 5.53. The van der Waals surface area contributed by atoms with Crippen LogP contribution >= 0.6 is 11.6 Å². The molecular weight excluding hydrogens is 238 g/mol. The highest BCUT2D eigenvalue weighted by Gasteiger charge is 2.03. The van der Waals surface area contributed by atoms with Crippen LogP contribution in [0.3, 0.4) is 0 Å². The summed E-state index contributed by atoms with van der Waals surface area (Å²) in [5, 5.41) is 0.658. The molecule has 2 rings (SSSR count). The first kappa shape index (κ1) is 11.8. The molecule has 1 aromatic carbocycles. The third-order valence-corrected chi connectivity index (χ3v) is 2.37. The lowest BCUT2D eigenvalue weighted by Crippen LogP contribution is -2.03. The van der Waals surface area contributed by atoms with Gasteiger partial charge in [0.05, 0.1) is 5.69 Å². The molecule has 0 aliphatic heterocycles. The highest BCUT2D eigenvalue weighted by molar-refractivity contribution is 6.30. The largest absolute Gasteiger partial charge is 0.424 e. The van der Waals surface area contributed by atoms with Crippen LogP contribution in [0.1, 0.15) is 11.4 Å². The lowest BCUT2D eigenvalue weighted by Gasteiger charge is -2.06. The maximum Gasteiger partial charge on any atom is 0.322 e. The van der Waals surface area contributed by atoms with E-state index in [2.05, 4.69) is 9.97 Å². The molecule has 5 heteroatoms. The summed E-state index contributed by atoms with van der Waals surface area (Å²) in [5.41, 5.74) is 7.11. The maximum absolute atomic E-state index is 5.78. The minimum atomic E-state index is 0.299. The van der Waals surface area contributed by atoms with Gasteiger partial charge in [-0.05, 0) is 37.3 Å². The van der Waals surface area contributed by atoms with Gasteiger partial charge in [-0.15, -0.1) is 0 Å². The smallest absolute Gasteiger partial charge is 0.322 e. The number of nitrogens with zero attached hydrogens (tertiary/aromatic N) is 2. The number of rotatable bonds is 3. The van der Waals surface area contributed by atoms with Crippen molar-refractivity contribution in [2.24, 2.45) is 5.73 Å². The fourth-order valence-electron chi connectivity index (χ4n) is 1.36. The quantitative estimate of drug-likeness (QED) is 0.909. The molecule has 0 aliphatic carbocycles. The van der Waals surface area contributed by atoms with E-state index in [1.54, 1.807) is 24.3 Å². The molecule has 0 aliphatic rings. The van der Waals surface area contributed by atoms with Crippen molar-refractivity contribution in [2.75, 3.05) is 0 Å². The summed E-state index contributed by atoms with van der Waals surface area (Å²) in [6.45, 7) is 2.23. The predicted octanol–water partition coefficient (Wildman–Crippen LogP) is 2.69. The topological polar surface area (TPSA) is 61.0 Å². The fraction of sp³-hybridized carbons (Fsp3) is 0.167. The van der Waals surface area contributed by atoms with Crippen LogP contribution in [0.2, 0.25) is 5.02 Å². The molecule has 0 spiro atoms. The molecule has 2 aromatic rings. The average molecular weight is 250 g/mol. The molecule has 0 radical (unpaired) electrons. The van der Waals surface area contributed by atoms with Crippen molar-refractivity contribution in [1.29, 1.82) is 0 Å². The first-order valence-electron chi connectivity index (χ1n) is 5.15. The Morgan fingerprint density at radius 3 is 2.59 bits per heavy atom. The molecule has 17 heavy (non-hydrogen) atoms. The van der Waals surface area contributed by atoms with Gasteiger partial charge in [0.25, 0.3) is 0 Å². The molecule has 88 valence electrons. The zero-order chi connectivity index (χ0) is 12.3. The molecule has 1 heterocycles. The highest BCUT2D eigenvalue weighted by atomic mass is 35.5. The van der Waals surface area contributed by atoms with Crippen molar-refractivity contribution in [1.82, 2.24) is 9.97 Å². The monoisotopic (exact) mass is 249 g/mol. The maximum atomic E-state index is 5.78. The average Bonchev–Trinajstić information content (AvgIpc) is 2.31. The predicted molar refractivity (Wildman–Crippen MR) is 66.2 cm³/mol. The van der Waals surface area contributed by atoms with Crippen molar-refractivity contribution < 1.29 is 4.74 Å². The molecular formula is C12H12ClN3O. The molecule has 0 fully saturated rings. The highest BCUT2D eigenvalue weighted by Crippen LogP contribution is 2.20. The number of benzene rings is 1. The third kappa shape index (κ3) is 3.15. The van der Waals surface area contributed by atoms with Crippen LogP contribution in [0.25, 0.3) is 0 Å². The number of ether oxygens (including phenoxy) is 1. The minimum Gasteiger partial charge on any atom is -0.424 e. The first-order chi connectivity index (χ1) is 8.17. The van der Waals surface area contributed by atoms with Gasteiger partial charge in [0.1, 0.15) is 5.75 Å². The lowest BCUT2D eigenvalue weighted by atomic mass is 10.3. The molecule has 0 saturated carbocycles. The standard InChI is InChI=1S/C12H12ClN3O/c1-8-6-10(7-14)16-12(15-8)17-11-4-2-9(13)3-5-11/h2-6H,7,14H2,1H3. The zero-order valence-electron chi connectivity index (χ0n) is 9.35. The van der Waals surface area contributed by atoms with Crippen LogP contribution in [0, 0.1) is 6.92 Å². The van der Waals surface area contributed by atoms with Crippen molar-refractivity contribution in [3.63, 3.8) is 0 Å². The van der Waals surface area contributed by atoms with Crippen molar-refractivity contribution in [2.45, 2.75) is 13.5 Å². The Morgan fingerprint density at radius 1 is 1.24 bits per heavy atom. The number of hydrogen-bond donors (Lipinski definition) is 1. The van der Waals surface area contributed by atoms with Gasteiger partial charge in [0, 0.05) is 17.3 Å². The molecule has 1 aromatic heterocycles.